The molecule has 0 unspecified atom stereocenters. The standard InChI is InChI=1S/C10H13FSi/c1-6-7(2)10(12)5-4-9(6)8(3)11/h4-5H,3H2,1-2,12H3. The summed E-state index contributed by atoms with van der Waals surface area (Å²) >= 11 is 0. The van der Waals surface area contributed by atoms with Crippen molar-refractivity contribution in [3.05, 3.63) is 35.4 Å². The van der Waals surface area contributed by atoms with Gasteiger partial charge in [-0.05, 0) is 25.0 Å². The molecule has 0 fully saturated rings. The first-order valence-corrected chi connectivity index (χ1v) is 4.95. The molecule has 0 saturated carbocycles. The van der Waals surface area contributed by atoms with Gasteiger partial charge in [-0.25, -0.2) is 4.39 Å². The topological polar surface area (TPSA) is 0 Å². The fraction of sp³-hybridized carbons (Fsp3) is 0.200. The van der Waals surface area contributed by atoms with E-state index in [0.717, 1.165) is 15.8 Å². The van der Waals surface area contributed by atoms with Gasteiger partial charge in [0, 0.05) is 15.8 Å². The quantitative estimate of drug-likeness (QED) is 0.570. The lowest BCUT2D eigenvalue weighted by Crippen LogP contribution is -2.09. The number of hydrogen-bond acceptors (Lipinski definition) is 0. The molecule has 0 spiro atoms. The first-order valence-electron chi connectivity index (χ1n) is 3.95. The van der Waals surface area contributed by atoms with Gasteiger partial charge in [-0.3, -0.25) is 0 Å². The van der Waals surface area contributed by atoms with Crippen LogP contribution in [0.4, 0.5) is 4.39 Å². The van der Waals surface area contributed by atoms with E-state index < -0.39 is 0 Å². The van der Waals surface area contributed by atoms with E-state index in [0.29, 0.717) is 5.56 Å². The second-order valence-electron chi connectivity index (χ2n) is 3.08. The fourth-order valence-electron chi connectivity index (χ4n) is 1.25. The monoisotopic (exact) mass is 180 g/mol. The number of benzene rings is 1. The molecule has 2 heteroatoms. The maximum atomic E-state index is 12.8. The van der Waals surface area contributed by atoms with E-state index in [1.807, 2.05) is 26.0 Å². The SMILES string of the molecule is C=C(F)c1ccc([SiH3])c(C)c1C. The Hall–Kier alpha value is -0.893. The van der Waals surface area contributed by atoms with Crippen molar-refractivity contribution in [3.8, 4) is 0 Å². The maximum absolute atomic E-state index is 12.8. The smallest absolute Gasteiger partial charge is 0.123 e. The summed E-state index contributed by atoms with van der Waals surface area (Å²) in [6, 6.07) is 3.79. The highest BCUT2D eigenvalue weighted by Gasteiger charge is 2.05. The van der Waals surface area contributed by atoms with Crippen LogP contribution in [0, 0.1) is 13.8 Å². The van der Waals surface area contributed by atoms with Gasteiger partial charge in [-0.2, -0.15) is 0 Å². The molecule has 12 heavy (non-hydrogen) atoms. The lowest BCUT2D eigenvalue weighted by Gasteiger charge is -2.08. The third-order valence-corrected chi connectivity index (χ3v) is 3.43. The molecule has 0 bridgehead atoms. The summed E-state index contributed by atoms with van der Waals surface area (Å²) in [6.45, 7) is 7.27. The van der Waals surface area contributed by atoms with Gasteiger partial charge in [-0.1, -0.05) is 23.9 Å². The molecule has 0 aliphatic rings. The van der Waals surface area contributed by atoms with E-state index in [4.69, 9.17) is 0 Å². The van der Waals surface area contributed by atoms with Gasteiger partial charge >= 0.3 is 0 Å². The van der Waals surface area contributed by atoms with E-state index in [2.05, 4.69) is 6.58 Å². The van der Waals surface area contributed by atoms with Crippen LogP contribution in [-0.2, 0) is 0 Å². The summed E-state index contributed by atoms with van der Waals surface area (Å²) in [7, 11) is 1.02. The number of rotatable bonds is 1. The van der Waals surface area contributed by atoms with Crippen LogP contribution in [0.15, 0.2) is 18.7 Å². The van der Waals surface area contributed by atoms with Gasteiger partial charge in [0.2, 0.25) is 0 Å². The minimum absolute atomic E-state index is 0.336. The Morgan fingerprint density at radius 3 is 2.42 bits per heavy atom. The molecule has 0 atom stereocenters. The van der Waals surface area contributed by atoms with Crippen LogP contribution in [0.2, 0.25) is 0 Å². The van der Waals surface area contributed by atoms with E-state index in [1.54, 1.807) is 0 Å². The van der Waals surface area contributed by atoms with Crippen LogP contribution >= 0.6 is 0 Å². The highest BCUT2D eigenvalue weighted by Crippen LogP contribution is 2.19. The van der Waals surface area contributed by atoms with Crippen molar-refractivity contribution in [1.82, 2.24) is 0 Å². The summed E-state index contributed by atoms with van der Waals surface area (Å²) in [5, 5.41) is 1.33. The molecular weight excluding hydrogens is 167 g/mol. The minimum atomic E-state index is -0.336. The average molecular weight is 180 g/mol. The Bertz CT molecular complexity index is 329. The maximum Gasteiger partial charge on any atom is 0.123 e. The molecule has 1 aromatic rings. The summed E-state index contributed by atoms with van der Waals surface area (Å²) in [6.07, 6.45) is 0. The Morgan fingerprint density at radius 1 is 1.33 bits per heavy atom. The van der Waals surface area contributed by atoms with Crippen molar-refractivity contribution in [3.63, 3.8) is 0 Å². The molecule has 64 valence electrons. The molecule has 0 heterocycles. The first-order chi connectivity index (χ1) is 5.54. The average Bonchev–Trinajstić information content (AvgIpc) is 2.00. The lowest BCUT2D eigenvalue weighted by molar-refractivity contribution is 0.761. The highest BCUT2D eigenvalue weighted by atomic mass is 28.1. The summed E-state index contributed by atoms with van der Waals surface area (Å²) in [4.78, 5) is 0. The Labute approximate surface area is 75.5 Å². The molecule has 0 N–H and O–H groups in total. The Kier molecular flexibility index (Phi) is 2.48. The van der Waals surface area contributed by atoms with Crippen molar-refractivity contribution < 1.29 is 4.39 Å². The first kappa shape index (κ1) is 9.20. The second-order valence-corrected chi connectivity index (χ2v) is 4.16. The van der Waals surface area contributed by atoms with E-state index in [1.165, 1.54) is 10.8 Å². The van der Waals surface area contributed by atoms with Crippen molar-refractivity contribution in [2.75, 3.05) is 0 Å². The fourth-order valence-corrected chi connectivity index (χ4v) is 1.79. The molecule has 1 rings (SSSR count). The van der Waals surface area contributed by atoms with Crippen LogP contribution in [0.1, 0.15) is 16.7 Å². The van der Waals surface area contributed by atoms with Gasteiger partial charge in [0.25, 0.3) is 0 Å². The van der Waals surface area contributed by atoms with Gasteiger partial charge in [-0.15, -0.1) is 0 Å². The van der Waals surface area contributed by atoms with E-state index in [-0.39, 0.29) is 5.83 Å². The van der Waals surface area contributed by atoms with Crippen molar-refractivity contribution in [2.24, 2.45) is 0 Å². The Morgan fingerprint density at radius 2 is 1.92 bits per heavy atom. The third-order valence-electron chi connectivity index (χ3n) is 2.35. The molecule has 1 aromatic carbocycles. The largest absolute Gasteiger partial charge is 0.207 e. The van der Waals surface area contributed by atoms with Crippen molar-refractivity contribution in [2.45, 2.75) is 13.8 Å². The molecule has 0 aromatic heterocycles. The molecule has 0 amide bonds. The predicted octanol–water partition coefficient (Wildman–Crippen LogP) is 1.23. The molecule has 0 aliphatic carbocycles. The zero-order valence-electron chi connectivity index (χ0n) is 7.74. The molecular formula is C10H13FSi. The lowest BCUT2D eigenvalue weighted by atomic mass is 10.0. The van der Waals surface area contributed by atoms with Gasteiger partial charge in [0.15, 0.2) is 0 Å². The number of hydrogen-bond donors (Lipinski definition) is 0. The van der Waals surface area contributed by atoms with Crippen LogP contribution in [-0.4, -0.2) is 10.2 Å². The van der Waals surface area contributed by atoms with Crippen LogP contribution < -0.4 is 5.19 Å². The van der Waals surface area contributed by atoms with E-state index in [9.17, 15) is 4.39 Å². The molecule has 0 aliphatic heterocycles. The minimum Gasteiger partial charge on any atom is -0.207 e. The van der Waals surface area contributed by atoms with Crippen LogP contribution in [0.5, 0.6) is 0 Å². The van der Waals surface area contributed by atoms with E-state index >= 15 is 0 Å². The van der Waals surface area contributed by atoms with Gasteiger partial charge in [0.05, 0.1) is 0 Å². The normalized spacial score (nSPS) is 10.2. The zero-order chi connectivity index (χ0) is 9.30. The summed E-state index contributed by atoms with van der Waals surface area (Å²) in [5.74, 6) is -0.336. The Balaban J connectivity index is 3.36. The number of halogens is 1. The van der Waals surface area contributed by atoms with Gasteiger partial charge < -0.3 is 0 Å². The van der Waals surface area contributed by atoms with Crippen LogP contribution in [0.25, 0.3) is 5.83 Å². The zero-order valence-corrected chi connectivity index (χ0v) is 9.74. The second kappa shape index (κ2) is 3.23. The molecule has 0 saturated heterocycles. The predicted molar refractivity (Wildman–Crippen MR) is 55.6 cm³/mol. The summed E-state index contributed by atoms with van der Waals surface area (Å²) < 4.78 is 12.8. The van der Waals surface area contributed by atoms with Gasteiger partial charge in [0.1, 0.15) is 5.83 Å². The molecule has 0 radical (unpaired) electrons. The summed E-state index contributed by atoms with van der Waals surface area (Å²) in [5.41, 5.74) is 2.88. The third kappa shape index (κ3) is 1.48. The van der Waals surface area contributed by atoms with Crippen molar-refractivity contribution in [1.29, 1.82) is 0 Å². The molecule has 0 nitrogen and oxygen atoms in total. The highest BCUT2D eigenvalue weighted by molar-refractivity contribution is 6.33. The van der Waals surface area contributed by atoms with Crippen molar-refractivity contribution >= 4 is 21.3 Å². The van der Waals surface area contributed by atoms with Crippen LogP contribution in [0.3, 0.4) is 0 Å².